The van der Waals surface area contributed by atoms with E-state index in [9.17, 15) is 36.2 Å². The van der Waals surface area contributed by atoms with E-state index in [2.05, 4.69) is 19.9 Å². The van der Waals surface area contributed by atoms with Gasteiger partial charge in [-0.3, -0.25) is 0 Å². The third kappa shape index (κ3) is 5.10. The average molecular weight is 514 g/mol. The molecule has 0 amide bonds. The monoisotopic (exact) mass is 514 g/mol. The molecule has 2 aromatic heterocycles. The van der Waals surface area contributed by atoms with Gasteiger partial charge in [0.1, 0.15) is 42.0 Å². The molecule has 1 atom stereocenters. The second-order valence-electron chi connectivity index (χ2n) is 7.65. The van der Waals surface area contributed by atoms with Gasteiger partial charge < -0.3 is 9.84 Å². The second kappa shape index (κ2) is 9.49. The summed E-state index contributed by atoms with van der Waals surface area (Å²) in [5, 5.41) is 19.1. The number of hydrogen-bond donors (Lipinski definition) is 1. The predicted molar refractivity (Wildman–Crippen MR) is 110 cm³/mol. The van der Waals surface area contributed by atoms with Gasteiger partial charge in [0.2, 0.25) is 0 Å². The molecular formula is C21H16F6N6O3. The largest absolute Gasteiger partial charge is 0.461 e. The van der Waals surface area contributed by atoms with Gasteiger partial charge in [-0.2, -0.15) is 27.8 Å². The minimum absolute atomic E-state index is 0.103. The molecule has 0 radical (unpaired) electrons. The van der Waals surface area contributed by atoms with E-state index in [0.29, 0.717) is 6.07 Å². The summed E-state index contributed by atoms with van der Waals surface area (Å²) in [7, 11) is 0. The smallest absolute Gasteiger partial charge is 0.428 e. The molecule has 0 saturated heterocycles. The Kier molecular flexibility index (Phi) is 6.58. The summed E-state index contributed by atoms with van der Waals surface area (Å²) < 4.78 is 85.7. The van der Waals surface area contributed by atoms with Gasteiger partial charge >= 0.3 is 18.2 Å². The first-order valence-corrected chi connectivity index (χ1v) is 10.1. The number of ether oxygens (including phenoxy) is 1. The quantitative estimate of drug-likeness (QED) is 0.345. The van der Waals surface area contributed by atoms with Crippen molar-refractivity contribution in [3.8, 4) is 11.4 Å². The number of nitrogens with zero attached hydrogens (tertiary/aromatic N) is 6. The minimum atomic E-state index is -4.70. The van der Waals surface area contributed by atoms with Crippen LogP contribution in [0.25, 0.3) is 5.69 Å². The zero-order valence-corrected chi connectivity index (χ0v) is 18.0. The van der Waals surface area contributed by atoms with Gasteiger partial charge in [-0.1, -0.05) is 6.07 Å². The highest BCUT2D eigenvalue weighted by atomic mass is 19.3. The van der Waals surface area contributed by atoms with Crippen LogP contribution in [0.1, 0.15) is 5.56 Å². The summed E-state index contributed by atoms with van der Waals surface area (Å²) in [6, 6.07) is 6.72. The molecule has 0 saturated carbocycles. The first-order chi connectivity index (χ1) is 17.0. The molecule has 0 bridgehead atoms. The summed E-state index contributed by atoms with van der Waals surface area (Å²) in [4.78, 5) is 16.7. The van der Waals surface area contributed by atoms with E-state index in [-0.39, 0.29) is 17.8 Å². The third-order valence-electron chi connectivity index (χ3n) is 5.09. The molecule has 4 aromatic rings. The van der Waals surface area contributed by atoms with E-state index in [1.165, 1.54) is 17.3 Å². The molecule has 0 unspecified atom stereocenters. The first kappa shape index (κ1) is 25.0. The van der Waals surface area contributed by atoms with Crippen molar-refractivity contribution in [2.24, 2.45) is 0 Å². The van der Waals surface area contributed by atoms with Gasteiger partial charge in [0.15, 0.2) is 0 Å². The highest BCUT2D eigenvalue weighted by Crippen LogP contribution is 2.29. The molecule has 190 valence electrons. The van der Waals surface area contributed by atoms with E-state index < -0.39 is 47.8 Å². The van der Waals surface area contributed by atoms with Crippen LogP contribution in [0.5, 0.6) is 5.75 Å². The summed E-state index contributed by atoms with van der Waals surface area (Å²) >= 11 is 0. The molecule has 4 rings (SSSR count). The van der Waals surface area contributed by atoms with Gasteiger partial charge in [-0.15, -0.1) is 0 Å². The summed E-state index contributed by atoms with van der Waals surface area (Å²) in [5.41, 5.74) is -3.18. The zero-order chi connectivity index (χ0) is 26.1. The van der Waals surface area contributed by atoms with Crippen LogP contribution in [0.4, 0.5) is 26.3 Å². The maximum Gasteiger partial charge on any atom is 0.461 e. The lowest BCUT2D eigenvalue weighted by molar-refractivity contribution is -0.253. The number of rotatable bonds is 9. The third-order valence-corrected chi connectivity index (χ3v) is 5.09. The van der Waals surface area contributed by atoms with Crippen LogP contribution in [0.15, 0.2) is 66.2 Å². The molecule has 9 nitrogen and oxygen atoms in total. The van der Waals surface area contributed by atoms with E-state index in [0.717, 1.165) is 52.0 Å². The minimum Gasteiger partial charge on any atom is -0.428 e. The van der Waals surface area contributed by atoms with Crippen LogP contribution in [-0.4, -0.2) is 46.8 Å². The highest BCUT2D eigenvalue weighted by Gasteiger charge is 2.44. The molecule has 36 heavy (non-hydrogen) atoms. The van der Waals surface area contributed by atoms with Crippen molar-refractivity contribution in [3.05, 3.63) is 89.1 Å². The molecule has 2 heterocycles. The Hall–Kier alpha value is -4.14. The van der Waals surface area contributed by atoms with Crippen LogP contribution in [0, 0.1) is 11.6 Å². The first-order valence-electron chi connectivity index (χ1n) is 10.1. The Morgan fingerprint density at radius 1 is 1.00 bits per heavy atom. The fourth-order valence-corrected chi connectivity index (χ4v) is 3.42. The lowest BCUT2D eigenvalue weighted by atomic mass is 9.93. The van der Waals surface area contributed by atoms with Crippen molar-refractivity contribution in [3.63, 3.8) is 0 Å². The van der Waals surface area contributed by atoms with Crippen LogP contribution < -0.4 is 10.4 Å². The predicted octanol–water partition coefficient (Wildman–Crippen LogP) is 2.73. The van der Waals surface area contributed by atoms with Gasteiger partial charge in [-0.05, 0) is 30.3 Å². The molecule has 0 aliphatic heterocycles. The van der Waals surface area contributed by atoms with E-state index in [1.54, 1.807) is 0 Å². The number of benzene rings is 2. The van der Waals surface area contributed by atoms with Gasteiger partial charge in [0, 0.05) is 11.6 Å². The second-order valence-corrected chi connectivity index (χ2v) is 7.65. The van der Waals surface area contributed by atoms with Crippen LogP contribution in [0.3, 0.4) is 0 Å². The number of halogens is 6. The number of hydrogen-bond acceptors (Lipinski definition) is 6. The molecule has 1 N–H and O–H groups in total. The van der Waals surface area contributed by atoms with E-state index >= 15 is 0 Å². The van der Waals surface area contributed by atoms with E-state index in [4.69, 9.17) is 0 Å². The fourth-order valence-electron chi connectivity index (χ4n) is 3.42. The van der Waals surface area contributed by atoms with Crippen molar-refractivity contribution in [1.82, 2.24) is 29.1 Å². The van der Waals surface area contributed by atoms with Crippen LogP contribution in [-0.2, 0) is 18.7 Å². The molecule has 0 fully saturated rings. The van der Waals surface area contributed by atoms with Crippen molar-refractivity contribution in [1.29, 1.82) is 0 Å². The lowest BCUT2D eigenvalue weighted by Crippen LogP contribution is -2.41. The molecule has 0 aliphatic carbocycles. The van der Waals surface area contributed by atoms with Gasteiger partial charge in [0.25, 0.3) is 0 Å². The zero-order valence-electron chi connectivity index (χ0n) is 18.0. The number of aromatic nitrogens is 6. The standard InChI is InChI=1S/C21H16F6N6O3/c22-13-1-6-16(17(23)7-13)20(35,8-31-11-28-10-29-31)9-33-19(34)32(12-30-33)14-2-4-15(5-3-14)36-21(26,27)18(24)25/h1-7,10-12,18,35H,8-9H2/t20-/m1/s1. The lowest BCUT2D eigenvalue weighted by Gasteiger charge is -2.28. The summed E-state index contributed by atoms with van der Waals surface area (Å²) in [6.07, 6.45) is -5.28. The van der Waals surface area contributed by atoms with Crippen molar-refractivity contribution in [2.45, 2.75) is 31.2 Å². The Morgan fingerprint density at radius 2 is 1.72 bits per heavy atom. The molecule has 0 aliphatic rings. The molecule has 2 aromatic carbocycles. The van der Waals surface area contributed by atoms with Crippen molar-refractivity contribution >= 4 is 0 Å². The topological polar surface area (TPSA) is 100.0 Å². The van der Waals surface area contributed by atoms with Crippen molar-refractivity contribution < 1.29 is 36.2 Å². The Balaban J connectivity index is 1.63. The molecule has 0 spiro atoms. The molecular weight excluding hydrogens is 498 g/mol. The normalized spacial score (nSPS) is 13.7. The average Bonchev–Trinajstić information content (AvgIpc) is 3.44. The fraction of sp³-hybridized carbons (Fsp3) is 0.238. The number of alkyl halides is 4. The van der Waals surface area contributed by atoms with Crippen molar-refractivity contribution in [2.75, 3.05) is 0 Å². The van der Waals surface area contributed by atoms with E-state index in [1.807, 2.05) is 0 Å². The van der Waals surface area contributed by atoms with Crippen LogP contribution >= 0.6 is 0 Å². The highest BCUT2D eigenvalue weighted by molar-refractivity contribution is 5.37. The van der Waals surface area contributed by atoms with Gasteiger partial charge in [-0.25, -0.2) is 32.5 Å². The Labute approximate surface area is 197 Å². The maximum absolute atomic E-state index is 14.6. The van der Waals surface area contributed by atoms with Gasteiger partial charge in [0.05, 0.1) is 18.8 Å². The maximum atomic E-state index is 14.6. The summed E-state index contributed by atoms with van der Waals surface area (Å²) in [5.74, 6) is -2.51. The summed E-state index contributed by atoms with van der Waals surface area (Å²) in [6.45, 7) is -0.970. The van der Waals surface area contributed by atoms with Crippen LogP contribution in [0.2, 0.25) is 0 Å². The Bertz CT molecular complexity index is 1390. The molecule has 15 heteroatoms. The number of aliphatic hydroxyl groups is 1. The Morgan fingerprint density at radius 3 is 2.33 bits per heavy atom. The SMILES string of the molecule is O=c1n(-c2ccc(OC(F)(F)C(F)F)cc2)cnn1C[C@](O)(Cn1cncn1)c1ccc(F)cc1F.